The van der Waals surface area contributed by atoms with Crippen molar-refractivity contribution in [2.75, 3.05) is 25.5 Å². The van der Waals surface area contributed by atoms with Crippen molar-refractivity contribution in [2.45, 2.75) is 13.0 Å². The molecule has 0 amide bonds. The number of likely N-dealkylation sites (N-methyl/N-ethyl adjacent to an activating group) is 2. The molecule has 0 aliphatic rings. The Hall–Kier alpha value is -1.94. The van der Waals surface area contributed by atoms with Gasteiger partial charge in [0.2, 0.25) is 0 Å². The number of para-hydroxylation sites is 1. The Morgan fingerprint density at radius 3 is 2.48 bits per heavy atom. The average Bonchev–Trinajstić information content (AvgIpc) is 2.48. The number of nitrogens with one attached hydrogen (secondary N) is 1. The van der Waals surface area contributed by atoms with Crippen LogP contribution in [0.2, 0.25) is 0 Å². The third-order valence-corrected chi connectivity index (χ3v) is 3.69. The SMILES string of the molecule is CNC(CN(C)c1ccccc1C)c1cccc(F)c1F. The Bertz CT molecular complexity index is 613. The van der Waals surface area contributed by atoms with E-state index < -0.39 is 11.6 Å². The van der Waals surface area contributed by atoms with Gasteiger partial charge in [0.25, 0.3) is 0 Å². The van der Waals surface area contributed by atoms with Crippen LogP contribution in [0, 0.1) is 18.6 Å². The maximum Gasteiger partial charge on any atom is 0.163 e. The lowest BCUT2D eigenvalue weighted by molar-refractivity contribution is 0.474. The molecular weight excluding hydrogens is 270 g/mol. The molecule has 0 bridgehead atoms. The number of halogens is 2. The Morgan fingerprint density at radius 2 is 1.81 bits per heavy atom. The van der Waals surface area contributed by atoms with Crippen LogP contribution < -0.4 is 10.2 Å². The lowest BCUT2D eigenvalue weighted by Crippen LogP contribution is -2.32. The van der Waals surface area contributed by atoms with Crippen LogP contribution in [0.15, 0.2) is 42.5 Å². The fourth-order valence-corrected chi connectivity index (χ4v) is 2.50. The van der Waals surface area contributed by atoms with Gasteiger partial charge in [-0.3, -0.25) is 0 Å². The minimum atomic E-state index is -0.814. The van der Waals surface area contributed by atoms with Crippen molar-refractivity contribution in [2.24, 2.45) is 0 Å². The van der Waals surface area contributed by atoms with Gasteiger partial charge in [-0.1, -0.05) is 30.3 Å². The topological polar surface area (TPSA) is 15.3 Å². The largest absolute Gasteiger partial charge is 0.372 e. The average molecular weight is 290 g/mol. The molecule has 0 saturated carbocycles. The van der Waals surface area contributed by atoms with E-state index in [2.05, 4.69) is 5.32 Å². The normalized spacial score (nSPS) is 12.2. The molecule has 0 aliphatic heterocycles. The van der Waals surface area contributed by atoms with Gasteiger partial charge in [-0.05, 0) is 31.7 Å². The highest BCUT2D eigenvalue weighted by Crippen LogP contribution is 2.24. The van der Waals surface area contributed by atoms with E-state index in [1.165, 1.54) is 6.07 Å². The standard InChI is InChI=1S/C17H20F2N2/c1-12-7-4-5-10-16(12)21(3)11-15(20-2)13-8-6-9-14(18)17(13)19/h4-10,15,20H,11H2,1-3H3. The van der Waals surface area contributed by atoms with Gasteiger partial charge in [-0.15, -0.1) is 0 Å². The Kier molecular flexibility index (Phi) is 4.91. The molecule has 2 rings (SSSR count). The minimum Gasteiger partial charge on any atom is -0.372 e. The molecule has 0 aliphatic carbocycles. The molecule has 0 aromatic heterocycles. The molecule has 0 spiro atoms. The van der Waals surface area contributed by atoms with Gasteiger partial charge in [0.05, 0.1) is 6.04 Å². The number of aryl methyl sites for hydroxylation is 1. The molecule has 2 aromatic carbocycles. The molecule has 21 heavy (non-hydrogen) atoms. The van der Waals surface area contributed by atoms with E-state index in [1.54, 1.807) is 13.1 Å². The van der Waals surface area contributed by atoms with Crippen molar-refractivity contribution in [3.63, 3.8) is 0 Å². The molecule has 2 aromatic rings. The van der Waals surface area contributed by atoms with Crippen LogP contribution in [0.3, 0.4) is 0 Å². The van der Waals surface area contributed by atoms with E-state index in [4.69, 9.17) is 0 Å². The van der Waals surface area contributed by atoms with E-state index in [0.717, 1.165) is 17.3 Å². The van der Waals surface area contributed by atoms with Gasteiger partial charge in [-0.2, -0.15) is 0 Å². The third kappa shape index (κ3) is 3.39. The highest BCUT2D eigenvalue weighted by molar-refractivity contribution is 5.52. The van der Waals surface area contributed by atoms with E-state index >= 15 is 0 Å². The molecule has 0 heterocycles. The summed E-state index contributed by atoms with van der Waals surface area (Å²) in [5.41, 5.74) is 2.57. The zero-order chi connectivity index (χ0) is 15.4. The summed E-state index contributed by atoms with van der Waals surface area (Å²) in [7, 11) is 3.70. The van der Waals surface area contributed by atoms with Gasteiger partial charge >= 0.3 is 0 Å². The molecule has 4 heteroatoms. The maximum atomic E-state index is 13.9. The Balaban J connectivity index is 2.23. The van der Waals surface area contributed by atoms with Gasteiger partial charge < -0.3 is 10.2 Å². The molecule has 2 nitrogen and oxygen atoms in total. The van der Waals surface area contributed by atoms with Crippen LogP contribution in [0.25, 0.3) is 0 Å². The predicted octanol–water partition coefficient (Wildman–Crippen LogP) is 3.67. The first-order valence-electron chi connectivity index (χ1n) is 6.92. The second-order valence-corrected chi connectivity index (χ2v) is 5.15. The van der Waals surface area contributed by atoms with Crippen LogP contribution in [-0.4, -0.2) is 20.6 Å². The van der Waals surface area contributed by atoms with E-state index in [9.17, 15) is 8.78 Å². The van der Waals surface area contributed by atoms with Crippen molar-refractivity contribution in [1.29, 1.82) is 0 Å². The summed E-state index contributed by atoms with van der Waals surface area (Å²) >= 11 is 0. The quantitative estimate of drug-likeness (QED) is 0.904. The first-order chi connectivity index (χ1) is 10.0. The van der Waals surface area contributed by atoms with Crippen molar-refractivity contribution >= 4 is 5.69 Å². The molecule has 0 radical (unpaired) electrons. The Morgan fingerprint density at radius 1 is 1.10 bits per heavy atom. The minimum absolute atomic E-state index is 0.287. The van der Waals surface area contributed by atoms with Gasteiger partial charge in [0, 0.05) is 24.8 Å². The lowest BCUT2D eigenvalue weighted by atomic mass is 10.0. The molecule has 1 unspecified atom stereocenters. The first kappa shape index (κ1) is 15.4. The number of hydrogen-bond acceptors (Lipinski definition) is 2. The third-order valence-electron chi connectivity index (χ3n) is 3.69. The smallest absolute Gasteiger partial charge is 0.163 e. The summed E-state index contributed by atoms with van der Waals surface area (Å²) in [6.07, 6.45) is 0. The summed E-state index contributed by atoms with van der Waals surface area (Å²) in [4.78, 5) is 2.04. The number of anilines is 1. The summed E-state index contributed by atoms with van der Waals surface area (Å²) in [6.45, 7) is 2.57. The summed E-state index contributed by atoms with van der Waals surface area (Å²) in [5.74, 6) is -1.60. The van der Waals surface area contributed by atoms with Gasteiger partial charge in [-0.25, -0.2) is 8.78 Å². The zero-order valence-electron chi connectivity index (χ0n) is 12.5. The van der Waals surface area contributed by atoms with Crippen LogP contribution >= 0.6 is 0 Å². The summed E-state index contributed by atoms with van der Waals surface area (Å²) in [6, 6.07) is 12.0. The number of rotatable bonds is 5. The fourth-order valence-electron chi connectivity index (χ4n) is 2.50. The van der Waals surface area contributed by atoms with E-state index in [0.29, 0.717) is 12.1 Å². The van der Waals surface area contributed by atoms with Crippen LogP contribution in [-0.2, 0) is 0 Å². The van der Waals surface area contributed by atoms with Crippen LogP contribution in [0.4, 0.5) is 14.5 Å². The fraction of sp³-hybridized carbons (Fsp3) is 0.294. The highest BCUT2D eigenvalue weighted by Gasteiger charge is 2.19. The number of hydrogen-bond donors (Lipinski definition) is 1. The van der Waals surface area contributed by atoms with Crippen molar-refractivity contribution in [3.05, 3.63) is 65.2 Å². The second kappa shape index (κ2) is 6.68. The monoisotopic (exact) mass is 290 g/mol. The van der Waals surface area contributed by atoms with Gasteiger partial charge in [0.1, 0.15) is 0 Å². The number of benzene rings is 2. The summed E-state index contributed by atoms with van der Waals surface area (Å²) in [5, 5.41) is 3.06. The molecule has 0 fully saturated rings. The molecule has 112 valence electrons. The number of nitrogens with zero attached hydrogens (tertiary/aromatic N) is 1. The van der Waals surface area contributed by atoms with Crippen LogP contribution in [0.1, 0.15) is 17.2 Å². The van der Waals surface area contributed by atoms with Crippen molar-refractivity contribution < 1.29 is 8.78 Å². The lowest BCUT2D eigenvalue weighted by Gasteiger charge is -2.27. The predicted molar refractivity (Wildman–Crippen MR) is 82.6 cm³/mol. The molecule has 1 atom stereocenters. The maximum absolute atomic E-state index is 13.9. The second-order valence-electron chi connectivity index (χ2n) is 5.15. The van der Waals surface area contributed by atoms with Crippen molar-refractivity contribution in [3.8, 4) is 0 Å². The Labute approximate surface area is 124 Å². The molecule has 1 N–H and O–H groups in total. The first-order valence-corrected chi connectivity index (χ1v) is 6.92. The molecule has 0 saturated heterocycles. The highest BCUT2D eigenvalue weighted by atomic mass is 19.2. The van der Waals surface area contributed by atoms with Gasteiger partial charge in [0.15, 0.2) is 11.6 Å². The van der Waals surface area contributed by atoms with Crippen LogP contribution in [0.5, 0.6) is 0 Å². The summed E-state index contributed by atoms with van der Waals surface area (Å²) < 4.78 is 27.3. The van der Waals surface area contributed by atoms with Crippen molar-refractivity contribution in [1.82, 2.24) is 5.32 Å². The van der Waals surface area contributed by atoms with E-state index in [1.807, 2.05) is 43.1 Å². The van der Waals surface area contributed by atoms with E-state index in [-0.39, 0.29) is 6.04 Å². The zero-order valence-corrected chi connectivity index (χ0v) is 12.5. The molecular formula is C17H20F2N2.